The molecule has 0 radical (unpaired) electrons. The standard InChI is InChI=1S/C22H18Cl2N6/c1-22(2,3)14-6-4-13(5-7-14)19-27-28-21-16-11-26-30(20(16)25-12-29(19)21)15-8-9-17(23)18(24)10-15/h4-12H,1-3H3. The molecule has 0 aliphatic carbocycles. The fourth-order valence-electron chi connectivity index (χ4n) is 3.44. The van der Waals surface area contributed by atoms with E-state index in [4.69, 9.17) is 23.2 Å². The van der Waals surface area contributed by atoms with Crippen LogP contribution in [0.3, 0.4) is 0 Å². The Bertz CT molecular complexity index is 1390. The first kappa shape index (κ1) is 19.0. The number of aromatic nitrogens is 6. The zero-order chi connectivity index (χ0) is 21.0. The van der Waals surface area contributed by atoms with Gasteiger partial charge in [-0.15, -0.1) is 10.2 Å². The van der Waals surface area contributed by atoms with Crippen molar-refractivity contribution in [2.75, 3.05) is 0 Å². The molecule has 0 aliphatic rings. The summed E-state index contributed by atoms with van der Waals surface area (Å²) in [7, 11) is 0. The topological polar surface area (TPSA) is 60.9 Å². The van der Waals surface area contributed by atoms with Crippen LogP contribution < -0.4 is 0 Å². The van der Waals surface area contributed by atoms with Crippen LogP contribution in [0.4, 0.5) is 0 Å². The molecule has 5 aromatic rings. The van der Waals surface area contributed by atoms with Crippen molar-refractivity contribution in [3.05, 3.63) is 70.6 Å². The molecule has 3 aromatic heterocycles. The first-order valence-corrected chi connectivity index (χ1v) is 10.2. The van der Waals surface area contributed by atoms with Gasteiger partial charge in [0.05, 0.1) is 27.3 Å². The summed E-state index contributed by atoms with van der Waals surface area (Å²) in [6.45, 7) is 6.59. The van der Waals surface area contributed by atoms with Crippen molar-refractivity contribution in [1.82, 2.24) is 29.4 Å². The molecular formula is C22H18Cl2N6. The molecule has 6 nitrogen and oxygen atoms in total. The van der Waals surface area contributed by atoms with Crippen molar-refractivity contribution in [3.63, 3.8) is 0 Å². The van der Waals surface area contributed by atoms with Crippen LogP contribution in [0.15, 0.2) is 55.0 Å². The van der Waals surface area contributed by atoms with Gasteiger partial charge in [0.25, 0.3) is 0 Å². The van der Waals surface area contributed by atoms with Crippen LogP contribution in [0.2, 0.25) is 10.0 Å². The lowest BCUT2D eigenvalue weighted by Gasteiger charge is -2.18. The largest absolute Gasteiger partial charge is 0.265 e. The van der Waals surface area contributed by atoms with Gasteiger partial charge in [-0.05, 0) is 29.2 Å². The van der Waals surface area contributed by atoms with Crippen LogP contribution in [-0.2, 0) is 5.41 Å². The smallest absolute Gasteiger partial charge is 0.175 e. The van der Waals surface area contributed by atoms with Crippen LogP contribution in [0.5, 0.6) is 0 Å². The van der Waals surface area contributed by atoms with Crippen LogP contribution in [-0.4, -0.2) is 29.4 Å². The molecule has 3 heterocycles. The average Bonchev–Trinajstić information content (AvgIpc) is 3.33. The monoisotopic (exact) mass is 436 g/mol. The molecule has 8 heteroatoms. The second kappa shape index (κ2) is 6.79. The molecule has 0 unspecified atom stereocenters. The number of nitrogens with zero attached hydrogens (tertiary/aromatic N) is 6. The molecule has 0 spiro atoms. The van der Waals surface area contributed by atoms with E-state index in [0.29, 0.717) is 21.3 Å². The predicted molar refractivity (Wildman–Crippen MR) is 120 cm³/mol. The van der Waals surface area contributed by atoms with Crippen LogP contribution in [0, 0.1) is 0 Å². The first-order chi connectivity index (χ1) is 14.3. The van der Waals surface area contributed by atoms with E-state index < -0.39 is 0 Å². The van der Waals surface area contributed by atoms with Crippen LogP contribution in [0.1, 0.15) is 26.3 Å². The highest BCUT2D eigenvalue weighted by Gasteiger charge is 2.17. The molecule has 0 bridgehead atoms. The lowest BCUT2D eigenvalue weighted by Crippen LogP contribution is -2.10. The summed E-state index contributed by atoms with van der Waals surface area (Å²) >= 11 is 12.2. The molecule has 0 saturated carbocycles. The number of hydrogen-bond donors (Lipinski definition) is 0. The van der Waals surface area contributed by atoms with E-state index >= 15 is 0 Å². The Balaban J connectivity index is 1.62. The molecular weight excluding hydrogens is 419 g/mol. The van der Waals surface area contributed by atoms with Gasteiger partial charge in [-0.2, -0.15) is 5.10 Å². The number of benzene rings is 2. The normalized spacial score (nSPS) is 12.2. The third-order valence-corrected chi connectivity index (χ3v) is 5.87. The molecule has 30 heavy (non-hydrogen) atoms. The molecule has 0 aliphatic heterocycles. The number of rotatable bonds is 2. The fourth-order valence-corrected chi connectivity index (χ4v) is 3.73. The van der Waals surface area contributed by atoms with Crippen molar-refractivity contribution >= 4 is 39.9 Å². The lowest BCUT2D eigenvalue weighted by atomic mass is 9.87. The van der Waals surface area contributed by atoms with Gasteiger partial charge in [0.1, 0.15) is 6.33 Å². The Morgan fingerprint density at radius 3 is 2.33 bits per heavy atom. The van der Waals surface area contributed by atoms with Gasteiger partial charge in [0.2, 0.25) is 0 Å². The van der Waals surface area contributed by atoms with Crippen molar-refractivity contribution in [2.45, 2.75) is 26.2 Å². The van der Waals surface area contributed by atoms with Gasteiger partial charge in [0.15, 0.2) is 17.1 Å². The van der Waals surface area contributed by atoms with Crippen molar-refractivity contribution in [3.8, 4) is 17.1 Å². The van der Waals surface area contributed by atoms with Gasteiger partial charge in [0, 0.05) is 5.56 Å². The number of halogens is 2. The maximum Gasteiger partial charge on any atom is 0.175 e. The third kappa shape index (κ3) is 3.04. The quantitative estimate of drug-likeness (QED) is 0.354. The zero-order valence-corrected chi connectivity index (χ0v) is 18.1. The van der Waals surface area contributed by atoms with E-state index in [1.807, 2.05) is 10.5 Å². The average molecular weight is 437 g/mol. The summed E-state index contributed by atoms with van der Waals surface area (Å²) in [5.41, 5.74) is 4.48. The molecule has 150 valence electrons. The first-order valence-electron chi connectivity index (χ1n) is 9.47. The summed E-state index contributed by atoms with van der Waals surface area (Å²) in [6, 6.07) is 13.7. The Hall–Kier alpha value is -2.96. The minimum absolute atomic E-state index is 0.0955. The maximum absolute atomic E-state index is 6.17. The molecule has 2 aromatic carbocycles. The second-order valence-electron chi connectivity index (χ2n) is 8.18. The van der Waals surface area contributed by atoms with Crippen LogP contribution >= 0.6 is 23.2 Å². The number of hydrogen-bond acceptors (Lipinski definition) is 4. The van der Waals surface area contributed by atoms with Crippen molar-refractivity contribution in [1.29, 1.82) is 0 Å². The minimum Gasteiger partial charge on any atom is -0.265 e. The Morgan fingerprint density at radius 1 is 0.867 bits per heavy atom. The summed E-state index contributed by atoms with van der Waals surface area (Å²) in [6.07, 6.45) is 3.46. The maximum atomic E-state index is 6.17. The SMILES string of the molecule is CC(C)(C)c1ccc(-c2nnc3c4cnn(-c5ccc(Cl)c(Cl)c5)c4ncn23)cc1. The van der Waals surface area contributed by atoms with E-state index in [9.17, 15) is 0 Å². The fraction of sp³-hybridized carbons (Fsp3) is 0.182. The molecule has 0 amide bonds. The highest BCUT2D eigenvalue weighted by atomic mass is 35.5. The van der Waals surface area contributed by atoms with E-state index in [0.717, 1.165) is 22.5 Å². The second-order valence-corrected chi connectivity index (χ2v) is 9.00. The lowest BCUT2D eigenvalue weighted by molar-refractivity contribution is 0.590. The summed E-state index contributed by atoms with van der Waals surface area (Å²) in [5.74, 6) is 0.738. The zero-order valence-electron chi connectivity index (χ0n) is 16.6. The summed E-state index contributed by atoms with van der Waals surface area (Å²) in [4.78, 5) is 4.62. The molecule has 0 N–H and O–H groups in total. The Kier molecular flexibility index (Phi) is 4.31. The van der Waals surface area contributed by atoms with Gasteiger partial charge in [-0.1, -0.05) is 68.2 Å². The van der Waals surface area contributed by atoms with E-state index in [1.165, 1.54) is 5.56 Å². The van der Waals surface area contributed by atoms with E-state index in [1.54, 1.807) is 29.3 Å². The van der Waals surface area contributed by atoms with Gasteiger partial charge in [-0.25, -0.2) is 9.67 Å². The number of fused-ring (bicyclic) bond motifs is 3. The Morgan fingerprint density at radius 2 is 1.63 bits per heavy atom. The van der Waals surface area contributed by atoms with Gasteiger partial charge in [-0.3, -0.25) is 4.40 Å². The molecule has 0 saturated heterocycles. The molecule has 0 fully saturated rings. The van der Waals surface area contributed by atoms with E-state index in [-0.39, 0.29) is 5.41 Å². The van der Waals surface area contributed by atoms with E-state index in [2.05, 4.69) is 65.3 Å². The highest BCUT2D eigenvalue weighted by molar-refractivity contribution is 6.42. The van der Waals surface area contributed by atoms with Crippen molar-refractivity contribution < 1.29 is 0 Å². The Labute approximate surface area is 183 Å². The summed E-state index contributed by atoms with van der Waals surface area (Å²) in [5, 5.41) is 15.0. The van der Waals surface area contributed by atoms with Crippen LogP contribution in [0.25, 0.3) is 33.8 Å². The van der Waals surface area contributed by atoms with Crippen molar-refractivity contribution in [2.24, 2.45) is 0 Å². The summed E-state index contributed by atoms with van der Waals surface area (Å²) < 4.78 is 3.60. The highest BCUT2D eigenvalue weighted by Crippen LogP contribution is 2.29. The minimum atomic E-state index is 0.0955. The van der Waals surface area contributed by atoms with Gasteiger partial charge >= 0.3 is 0 Å². The molecule has 0 atom stereocenters. The predicted octanol–water partition coefficient (Wildman–Crippen LogP) is 5.73. The van der Waals surface area contributed by atoms with Gasteiger partial charge < -0.3 is 0 Å². The third-order valence-electron chi connectivity index (χ3n) is 5.13. The molecule has 5 rings (SSSR count).